The van der Waals surface area contributed by atoms with Gasteiger partial charge in [-0.15, -0.1) is 0 Å². The Bertz CT molecular complexity index is 614. The van der Waals surface area contributed by atoms with Crippen LogP contribution >= 0.6 is 0 Å². The van der Waals surface area contributed by atoms with E-state index in [9.17, 15) is 9.18 Å². The average Bonchev–Trinajstić information content (AvgIpc) is 2.39. The normalized spacial score (nSPS) is 9.65. The number of aldehydes is 1. The average molecular weight is 225 g/mol. The lowest BCUT2D eigenvalue weighted by molar-refractivity contribution is 0.112. The molecule has 2 rings (SSSR count). The summed E-state index contributed by atoms with van der Waals surface area (Å²) >= 11 is 0. The van der Waals surface area contributed by atoms with E-state index in [0.717, 1.165) is 11.8 Å². The Morgan fingerprint density at radius 2 is 1.88 bits per heavy atom. The zero-order valence-electron chi connectivity index (χ0n) is 8.85. The molecule has 0 heterocycles. The van der Waals surface area contributed by atoms with E-state index in [-0.39, 0.29) is 5.56 Å². The highest BCUT2D eigenvalue weighted by molar-refractivity contribution is 5.79. The first-order chi connectivity index (χ1) is 8.24. The molecule has 2 aromatic rings. The van der Waals surface area contributed by atoms with Crippen molar-refractivity contribution in [1.29, 1.82) is 5.26 Å². The van der Waals surface area contributed by atoms with Crippen LogP contribution in [-0.2, 0) is 0 Å². The molecule has 3 heteroatoms. The van der Waals surface area contributed by atoms with Gasteiger partial charge in [0.05, 0.1) is 5.56 Å². The summed E-state index contributed by atoms with van der Waals surface area (Å²) < 4.78 is 13.2. The number of hydrogen-bond acceptors (Lipinski definition) is 2. The van der Waals surface area contributed by atoms with Crippen molar-refractivity contribution < 1.29 is 9.18 Å². The summed E-state index contributed by atoms with van der Waals surface area (Å²) in [6.07, 6.45) is 0.748. The first kappa shape index (κ1) is 11.0. The highest BCUT2D eigenvalue weighted by Crippen LogP contribution is 2.22. The molecule has 17 heavy (non-hydrogen) atoms. The molecule has 0 bridgehead atoms. The third-order valence-electron chi connectivity index (χ3n) is 2.44. The van der Waals surface area contributed by atoms with Gasteiger partial charge < -0.3 is 0 Å². The highest BCUT2D eigenvalue weighted by Gasteiger charge is 2.04. The maximum Gasteiger partial charge on any atom is 0.150 e. The minimum atomic E-state index is -0.539. The van der Waals surface area contributed by atoms with Gasteiger partial charge in [-0.05, 0) is 29.3 Å². The molecule has 2 aromatic carbocycles. The SMILES string of the molecule is N#Cc1cc(-c2cccc(C=O)c2)ccc1F. The lowest BCUT2D eigenvalue weighted by atomic mass is 10.0. The summed E-state index contributed by atoms with van der Waals surface area (Å²) in [5, 5.41) is 8.74. The second-order valence-electron chi connectivity index (χ2n) is 3.55. The van der Waals surface area contributed by atoms with Crippen LogP contribution < -0.4 is 0 Å². The summed E-state index contributed by atoms with van der Waals surface area (Å²) in [5.74, 6) is -0.539. The van der Waals surface area contributed by atoms with Gasteiger partial charge in [0.2, 0.25) is 0 Å². The quantitative estimate of drug-likeness (QED) is 0.736. The molecule has 0 fully saturated rings. The van der Waals surface area contributed by atoms with E-state index >= 15 is 0 Å². The minimum absolute atomic E-state index is 0.000920. The maximum absolute atomic E-state index is 13.2. The van der Waals surface area contributed by atoms with Crippen LogP contribution in [0.1, 0.15) is 15.9 Å². The van der Waals surface area contributed by atoms with Gasteiger partial charge in [-0.1, -0.05) is 24.3 Å². The van der Waals surface area contributed by atoms with Gasteiger partial charge in [0, 0.05) is 5.56 Å². The molecule has 0 unspecified atom stereocenters. The Balaban J connectivity index is 2.53. The molecule has 0 aliphatic rings. The first-order valence-corrected chi connectivity index (χ1v) is 5.00. The van der Waals surface area contributed by atoms with Gasteiger partial charge in [-0.3, -0.25) is 4.79 Å². The van der Waals surface area contributed by atoms with Crippen molar-refractivity contribution in [2.75, 3.05) is 0 Å². The van der Waals surface area contributed by atoms with Crippen molar-refractivity contribution in [2.45, 2.75) is 0 Å². The monoisotopic (exact) mass is 225 g/mol. The number of rotatable bonds is 2. The molecule has 0 atom stereocenters. The fourth-order valence-electron chi connectivity index (χ4n) is 1.58. The zero-order valence-corrected chi connectivity index (χ0v) is 8.85. The fraction of sp³-hybridized carbons (Fsp3) is 0. The van der Waals surface area contributed by atoms with Crippen LogP contribution in [-0.4, -0.2) is 6.29 Å². The van der Waals surface area contributed by atoms with Gasteiger partial charge in [-0.2, -0.15) is 5.26 Å². The molecule has 0 amide bonds. The molecule has 0 N–H and O–H groups in total. The van der Waals surface area contributed by atoms with Gasteiger partial charge in [-0.25, -0.2) is 4.39 Å². The molecule has 82 valence electrons. The van der Waals surface area contributed by atoms with Gasteiger partial charge >= 0.3 is 0 Å². The van der Waals surface area contributed by atoms with Gasteiger partial charge in [0.15, 0.2) is 0 Å². The molecule has 2 nitrogen and oxygen atoms in total. The predicted molar refractivity (Wildman–Crippen MR) is 61.9 cm³/mol. The van der Waals surface area contributed by atoms with Crippen LogP contribution in [0.5, 0.6) is 0 Å². The second-order valence-corrected chi connectivity index (χ2v) is 3.55. The molecule has 0 aliphatic carbocycles. The lowest BCUT2D eigenvalue weighted by Gasteiger charge is -2.03. The summed E-state index contributed by atoms with van der Waals surface area (Å²) in [7, 11) is 0. The maximum atomic E-state index is 13.2. The number of carbonyl (C=O) groups is 1. The Hall–Kier alpha value is -2.47. The summed E-state index contributed by atoms with van der Waals surface area (Å²) in [6.45, 7) is 0. The number of benzene rings is 2. The van der Waals surface area contributed by atoms with Crippen molar-refractivity contribution in [3.05, 3.63) is 59.4 Å². The number of carbonyl (C=O) groups excluding carboxylic acids is 1. The van der Waals surface area contributed by atoms with Crippen molar-refractivity contribution in [3.63, 3.8) is 0 Å². The van der Waals surface area contributed by atoms with E-state index in [1.165, 1.54) is 12.1 Å². The van der Waals surface area contributed by atoms with E-state index < -0.39 is 5.82 Å². The van der Waals surface area contributed by atoms with E-state index in [4.69, 9.17) is 5.26 Å². The second kappa shape index (κ2) is 4.58. The highest BCUT2D eigenvalue weighted by atomic mass is 19.1. The van der Waals surface area contributed by atoms with Crippen molar-refractivity contribution in [1.82, 2.24) is 0 Å². The largest absolute Gasteiger partial charge is 0.298 e. The predicted octanol–water partition coefficient (Wildman–Crippen LogP) is 3.18. The third-order valence-corrected chi connectivity index (χ3v) is 2.44. The topological polar surface area (TPSA) is 40.9 Å². The van der Waals surface area contributed by atoms with E-state index in [1.807, 2.05) is 0 Å². The smallest absolute Gasteiger partial charge is 0.150 e. The molecule has 0 aromatic heterocycles. The lowest BCUT2D eigenvalue weighted by Crippen LogP contribution is -1.87. The van der Waals surface area contributed by atoms with E-state index in [2.05, 4.69) is 0 Å². The number of halogens is 1. The van der Waals surface area contributed by atoms with Crippen LogP contribution in [0.3, 0.4) is 0 Å². The summed E-state index contributed by atoms with van der Waals surface area (Å²) in [4.78, 5) is 10.7. The van der Waals surface area contributed by atoms with E-state index in [0.29, 0.717) is 11.1 Å². The van der Waals surface area contributed by atoms with E-state index in [1.54, 1.807) is 36.4 Å². The zero-order chi connectivity index (χ0) is 12.3. The van der Waals surface area contributed by atoms with Crippen LogP contribution in [0.25, 0.3) is 11.1 Å². The first-order valence-electron chi connectivity index (χ1n) is 5.00. The number of nitriles is 1. The molecule has 0 aliphatic heterocycles. The molecule has 0 spiro atoms. The molecule has 0 saturated carbocycles. The van der Waals surface area contributed by atoms with Gasteiger partial charge in [0.25, 0.3) is 0 Å². The van der Waals surface area contributed by atoms with Crippen LogP contribution in [0.2, 0.25) is 0 Å². The Morgan fingerprint density at radius 3 is 2.59 bits per heavy atom. The van der Waals surface area contributed by atoms with Crippen molar-refractivity contribution in [2.24, 2.45) is 0 Å². The third kappa shape index (κ3) is 2.21. The molecule has 0 saturated heterocycles. The summed E-state index contributed by atoms with van der Waals surface area (Å²) in [6, 6.07) is 13.0. The Morgan fingerprint density at radius 1 is 1.12 bits per heavy atom. The fourth-order valence-corrected chi connectivity index (χ4v) is 1.58. The minimum Gasteiger partial charge on any atom is -0.298 e. The number of nitrogens with zero attached hydrogens (tertiary/aromatic N) is 1. The number of hydrogen-bond donors (Lipinski definition) is 0. The van der Waals surface area contributed by atoms with Crippen molar-refractivity contribution >= 4 is 6.29 Å². The van der Waals surface area contributed by atoms with Crippen LogP contribution in [0, 0.1) is 17.1 Å². The van der Waals surface area contributed by atoms with Crippen LogP contribution in [0.4, 0.5) is 4.39 Å². The summed E-state index contributed by atoms with van der Waals surface area (Å²) in [5.41, 5.74) is 2.04. The molecule has 0 radical (unpaired) electrons. The standard InChI is InChI=1S/C14H8FNO/c15-14-5-4-12(7-13(14)8-16)11-3-1-2-10(6-11)9-17/h1-7,9H. The van der Waals surface area contributed by atoms with Crippen molar-refractivity contribution in [3.8, 4) is 17.2 Å². The molecular formula is C14H8FNO. The van der Waals surface area contributed by atoms with Crippen LogP contribution in [0.15, 0.2) is 42.5 Å². The molecular weight excluding hydrogens is 217 g/mol. The Kier molecular flexibility index (Phi) is 2.97. The Labute approximate surface area is 97.9 Å². The van der Waals surface area contributed by atoms with Gasteiger partial charge in [0.1, 0.15) is 18.2 Å².